The molecule has 1 amide bonds. The van der Waals surface area contributed by atoms with E-state index in [9.17, 15) is 4.79 Å². The van der Waals surface area contributed by atoms with Crippen molar-refractivity contribution in [1.82, 2.24) is 10.3 Å². The number of hydrogen-bond donors (Lipinski definition) is 2. The zero-order valence-electron chi connectivity index (χ0n) is 10.8. The number of aromatic nitrogens is 1. The molecule has 18 heavy (non-hydrogen) atoms. The van der Waals surface area contributed by atoms with Crippen LogP contribution in [0.5, 0.6) is 0 Å². The summed E-state index contributed by atoms with van der Waals surface area (Å²) in [5.41, 5.74) is 6.62. The average Bonchev–Trinajstić information content (AvgIpc) is 2.39. The van der Waals surface area contributed by atoms with Crippen LogP contribution in [-0.2, 0) is 16.0 Å². The maximum absolute atomic E-state index is 11.6. The minimum Gasteiger partial charge on any atom is -0.377 e. The van der Waals surface area contributed by atoms with E-state index >= 15 is 0 Å². The van der Waals surface area contributed by atoms with Crippen LogP contribution in [0.15, 0.2) is 24.5 Å². The Morgan fingerprint density at radius 3 is 3.06 bits per heavy atom. The summed E-state index contributed by atoms with van der Waals surface area (Å²) in [5.74, 6) is -0.0252. The van der Waals surface area contributed by atoms with Gasteiger partial charge in [0.15, 0.2) is 0 Å². The summed E-state index contributed by atoms with van der Waals surface area (Å²) < 4.78 is 5.33. The number of nitrogens with two attached hydrogens (primary N) is 1. The molecule has 0 fully saturated rings. The fourth-order valence-electron chi connectivity index (χ4n) is 1.62. The van der Waals surface area contributed by atoms with Gasteiger partial charge >= 0.3 is 0 Å². The summed E-state index contributed by atoms with van der Waals surface area (Å²) in [4.78, 5) is 15.6. The van der Waals surface area contributed by atoms with Crippen molar-refractivity contribution in [2.45, 2.75) is 25.9 Å². The van der Waals surface area contributed by atoms with E-state index < -0.39 is 0 Å². The monoisotopic (exact) mass is 251 g/mol. The molecule has 1 rings (SSSR count). The standard InChI is InChI=1S/C13H21N3O2/c1-2-18-12(9-14)8-13(17)16-7-5-11-4-3-6-15-10-11/h3-4,6,10,12H,2,5,7-9,14H2,1H3,(H,16,17). The molecule has 0 spiro atoms. The second-order valence-corrected chi connectivity index (χ2v) is 3.98. The molecule has 1 unspecified atom stereocenters. The number of carbonyl (C=O) groups is 1. The summed E-state index contributed by atoms with van der Waals surface area (Å²) >= 11 is 0. The molecular weight excluding hydrogens is 230 g/mol. The second-order valence-electron chi connectivity index (χ2n) is 3.98. The molecule has 0 aromatic carbocycles. The molecule has 0 aliphatic carbocycles. The lowest BCUT2D eigenvalue weighted by molar-refractivity contribution is -0.123. The van der Waals surface area contributed by atoms with Crippen LogP contribution in [0.25, 0.3) is 0 Å². The summed E-state index contributed by atoms with van der Waals surface area (Å²) in [5, 5.41) is 2.85. The van der Waals surface area contributed by atoms with Crippen LogP contribution in [0.2, 0.25) is 0 Å². The predicted octanol–water partition coefficient (Wildman–Crippen LogP) is 0.494. The van der Waals surface area contributed by atoms with Gasteiger partial charge in [-0.25, -0.2) is 0 Å². The van der Waals surface area contributed by atoms with Gasteiger partial charge in [-0.1, -0.05) is 6.07 Å². The van der Waals surface area contributed by atoms with Gasteiger partial charge in [-0.3, -0.25) is 9.78 Å². The highest BCUT2D eigenvalue weighted by Gasteiger charge is 2.11. The highest BCUT2D eigenvalue weighted by molar-refractivity contribution is 5.76. The summed E-state index contributed by atoms with van der Waals surface area (Å²) in [6.45, 7) is 3.44. The molecule has 1 heterocycles. The average molecular weight is 251 g/mol. The zero-order valence-corrected chi connectivity index (χ0v) is 10.8. The first-order valence-corrected chi connectivity index (χ1v) is 6.23. The maximum atomic E-state index is 11.6. The van der Waals surface area contributed by atoms with Crippen LogP contribution in [0.4, 0.5) is 0 Å². The summed E-state index contributed by atoms with van der Waals surface area (Å²) in [6, 6.07) is 3.87. The number of ether oxygens (including phenoxy) is 1. The molecular formula is C13H21N3O2. The van der Waals surface area contributed by atoms with Crippen molar-refractivity contribution in [2.24, 2.45) is 5.73 Å². The first-order chi connectivity index (χ1) is 8.76. The molecule has 100 valence electrons. The maximum Gasteiger partial charge on any atom is 0.222 e. The van der Waals surface area contributed by atoms with Crippen LogP contribution >= 0.6 is 0 Å². The van der Waals surface area contributed by atoms with E-state index in [2.05, 4.69) is 10.3 Å². The minimum absolute atomic E-state index is 0.0252. The fraction of sp³-hybridized carbons (Fsp3) is 0.538. The molecule has 0 radical (unpaired) electrons. The lowest BCUT2D eigenvalue weighted by Crippen LogP contribution is -2.33. The normalized spacial score (nSPS) is 12.1. The van der Waals surface area contributed by atoms with Gasteiger partial charge in [-0.2, -0.15) is 0 Å². The van der Waals surface area contributed by atoms with Gasteiger partial charge in [0.25, 0.3) is 0 Å². The molecule has 0 saturated carbocycles. The van der Waals surface area contributed by atoms with Gasteiger partial charge in [0.2, 0.25) is 5.91 Å². The van der Waals surface area contributed by atoms with E-state index in [1.807, 2.05) is 19.1 Å². The molecule has 0 saturated heterocycles. The first-order valence-electron chi connectivity index (χ1n) is 6.23. The molecule has 1 atom stereocenters. The van der Waals surface area contributed by atoms with Crippen molar-refractivity contribution in [3.8, 4) is 0 Å². The Morgan fingerprint density at radius 2 is 2.44 bits per heavy atom. The third-order valence-corrected chi connectivity index (χ3v) is 2.54. The molecule has 5 heteroatoms. The molecule has 3 N–H and O–H groups in total. The fourth-order valence-corrected chi connectivity index (χ4v) is 1.62. The van der Waals surface area contributed by atoms with Gasteiger partial charge < -0.3 is 15.8 Å². The van der Waals surface area contributed by atoms with Gasteiger partial charge in [-0.15, -0.1) is 0 Å². The Hall–Kier alpha value is -1.46. The van der Waals surface area contributed by atoms with Gasteiger partial charge in [-0.05, 0) is 25.0 Å². The SMILES string of the molecule is CCOC(CN)CC(=O)NCCc1cccnc1. The smallest absolute Gasteiger partial charge is 0.222 e. The zero-order chi connectivity index (χ0) is 13.2. The van der Waals surface area contributed by atoms with E-state index in [1.165, 1.54) is 0 Å². The number of carbonyl (C=O) groups excluding carboxylic acids is 1. The van der Waals surface area contributed by atoms with Crippen molar-refractivity contribution >= 4 is 5.91 Å². The Bertz CT molecular complexity index is 343. The second kappa shape index (κ2) is 8.60. The van der Waals surface area contributed by atoms with Gasteiger partial charge in [0.05, 0.1) is 12.5 Å². The Morgan fingerprint density at radius 1 is 1.61 bits per heavy atom. The van der Waals surface area contributed by atoms with Crippen molar-refractivity contribution in [1.29, 1.82) is 0 Å². The molecule has 1 aromatic heterocycles. The van der Waals surface area contributed by atoms with Crippen LogP contribution in [-0.4, -0.2) is 36.7 Å². The van der Waals surface area contributed by atoms with Crippen molar-refractivity contribution in [3.05, 3.63) is 30.1 Å². The summed E-state index contributed by atoms with van der Waals surface area (Å²) in [7, 11) is 0. The topological polar surface area (TPSA) is 77.2 Å². The van der Waals surface area contributed by atoms with Gasteiger partial charge in [0, 0.05) is 32.1 Å². The van der Waals surface area contributed by atoms with E-state index in [4.69, 9.17) is 10.5 Å². The molecule has 0 aliphatic rings. The van der Waals surface area contributed by atoms with Gasteiger partial charge in [0.1, 0.15) is 0 Å². The van der Waals surface area contributed by atoms with E-state index in [0.717, 1.165) is 12.0 Å². The third-order valence-electron chi connectivity index (χ3n) is 2.54. The van der Waals surface area contributed by atoms with E-state index in [1.54, 1.807) is 12.4 Å². The Balaban J connectivity index is 2.20. The first kappa shape index (κ1) is 14.6. The lowest BCUT2D eigenvalue weighted by Gasteiger charge is -2.14. The number of rotatable bonds is 8. The largest absolute Gasteiger partial charge is 0.377 e. The van der Waals surface area contributed by atoms with Crippen molar-refractivity contribution in [2.75, 3.05) is 19.7 Å². The van der Waals surface area contributed by atoms with E-state index in [0.29, 0.717) is 26.1 Å². The van der Waals surface area contributed by atoms with Crippen molar-refractivity contribution < 1.29 is 9.53 Å². The molecule has 1 aromatic rings. The van der Waals surface area contributed by atoms with Crippen LogP contribution < -0.4 is 11.1 Å². The number of amides is 1. The number of hydrogen-bond acceptors (Lipinski definition) is 4. The third kappa shape index (κ3) is 5.75. The lowest BCUT2D eigenvalue weighted by atomic mass is 10.2. The minimum atomic E-state index is -0.187. The molecule has 5 nitrogen and oxygen atoms in total. The van der Waals surface area contributed by atoms with Crippen LogP contribution in [0.3, 0.4) is 0 Å². The number of nitrogens with one attached hydrogen (secondary N) is 1. The van der Waals surface area contributed by atoms with Crippen LogP contribution in [0, 0.1) is 0 Å². The highest BCUT2D eigenvalue weighted by atomic mass is 16.5. The Labute approximate surface area is 108 Å². The Kier molecular flexibility index (Phi) is 6.98. The molecule has 0 bridgehead atoms. The predicted molar refractivity (Wildman–Crippen MR) is 70.0 cm³/mol. The molecule has 0 aliphatic heterocycles. The summed E-state index contributed by atoms with van der Waals surface area (Å²) in [6.07, 6.45) is 4.44. The highest BCUT2D eigenvalue weighted by Crippen LogP contribution is 1.98. The number of nitrogens with zero attached hydrogens (tertiary/aromatic N) is 1. The van der Waals surface area contributed by atoms with Crippen LogP contribution in [0.1, 0.15) is 18.9 Å². The number of pyridine rings is 1. The van der Waals surface area contributed by atoms with E-state index in [-0.39, 0.29) is 12.0 Å². The van der Waals surface area contributed by atoms with Crippen molar-refractivity contribution in [3.63, 3.8) is 0 Å². The quantitative estimate of drug-likeness (QED) is 0.705.